The number of hydrogen-bond acceptors (Lipinski definition) is 7. The van der Waals surface area contributed by atoms with E-state index in [1.54, 1.807) is 18.7 Å². The first-order chi connectivity index (χ1) is 16.7. The number of ether oxygens (including phenoxy) is 2. The molecule has 35 heavy (non-hydrogen) atoms. The predicted molar refractivity (Wildman–Crippen MR) is 137 cm³/mol. The van der Waals surface area contributed by atoms with Crippen molar-refractivity contribution in [1.29, 1.82) is 0 Å². The highest BCUT2D eigenvalue weighted by Crippen LogP contribution is 2.53. The van der Waals surface area contributed by atoms with Crippen LogP contribution in [0.3, 0.4) is 0 Å². The number of thioether (sulfide) groups is 1. The van der Waals surface area contributed by atoms with Gasteiger partial charge in [-0.05, 0) is 80.2 Å². The zero-order chi connectivity index (χ0) is 25.2. The van der Waals surface area contributed by atoms with E-state index in [4.69, 9.17) is 9.47 Å². The molecule has 2 aliphatic heterocycles. The van der Waals surface area contributed by atoms with Crippen LogP contribution in [0.1, 0.15) is 57.6 Å². The van der Waals surface area contributed by atoms with Crippen molar-refractivity contribution in [2.24, 2.45) is 5.92 Å². The third kappa shape index (κ3) is 5.00. The van der Waals surface area contributed by atoms with E-state index >= 15 is 0 Å². The number of carbonyl (C=O) groups is 3. The summed E-state index contributed by atoms with van der Waals surface area (Å²) in [6, 6.07) is 5.33. The molecule has 1 fully saturated rings. The number of benzene rings is 1. The van der Waals surface area contributed by atoms with Crippen molar-refractivity contribution in [2.75, 3.05) is 18.6 Å². The van der Waals surface area contributed by atoms with Crippen LogP contribution in [0.2, 0.25) is 0 Å². The van der Waals surface area contributed by atoms with Gasteiger partial charge in [0.05, 0.1) is 18.2 Å². The first-order valence-corrected chi connectivity index (χ1v) is 13.8. The van der Waals surface area contributed by atoms with Crippen molar-refractivity contribution in [3.63, 3.8) is 0 Å². The normalized spacial score (nSPS) is 30.3. The van der Waals surface area contributed by atoms with E-state index in [2.05, 4.69) is 29.7 Å². The molecule has 3 aliphatic rings. The molecule has 1 aromatic rings. The molecule has 0 spiro atoms. The van der Waals surface area contributed by atoms with Crippen LogP contribution in [-0.2, 0) is 26.2 Å². The number of nitrogens with one attached hydrogen (secondary N) is 2. The smallest absolute Gasteiger partial charge is 0.434 e. The van der Waals surface area contributed by atoms with Gasteiger partial charge >= 0.3 is 6.16 Å². The van der Waals surface area contributed by atoms with E-state index in [1.807, 2.05) is 24.5 Å². The summed E-state index contributed by atoms with van der Waals surface area (Å²) in [4.78, 5) is 38.0. The van der Waals surface area contributed by atoms with Crippen LogP contribution >= 0.6 is 11.8 Å². The van der Waals surface area contributed by atoms with Crippen molar-refractivity contribution in [3.8, 4) is 5.75 Å². The van der Waals surface area contributed by atoms with E-state index < -0.39 is 17.7 Å². The summed E-state index contributed by atoms with van der Waals surface area (Å²) in [6.45, 7) is 5.67. The van der Waals surface area contributed by atoms with Crippen molar-refractivity contribution in [3.05, 3.63) is 41.5 Å². The number of rotatable bonds is 8. The van der Waals surface area contributed by atoms with E-state index in [1.165, 1.54) is 12.5 Å². The maximum atomic E-state index is 14.1. The van der Waals surface area contributed by atoms with Crippen molar-refractivity contribution in [2.45, 2.75) is 75.9 Å². The first-order valence-electron chi connectivity index (χ1n) is 12.4. The number of Topliss-reactive ketones (excluding diaryl/α,β-unsaturated/α-hetero) is 1. The van der Waals surface area contributed by atoms with Crippen LogP contribution in [0.25, 0.3) is 0 Å². The molecule has 5 atom stereocenters. The molecule has 1 saturated heterocycles. The fraction of sp³-hybridized carbons (Fsp3) is 0.593. The van der Waals surface area contributed by atoms with E-state index in [-0.39, 0.29) is 35.7 Å². The summed E-state index contributed by atoms with van der Waals surface area (Å²) in [5.41, 5.74) is 1.25. The summed E-state index contributed by atoms with van der Waals surface area (Å²) in [5.74, 6) is 1.40. The van der Waals surface area contributed by atoms with Gasteiger partial charge in [-0.25, -0.2) is 4.79 Å². The van der Waals surface area contributed by atoms with Crippen molar-refractivity contribution < 1.29 is 23.9 Å². The lowest BCUT2D eigenvalue weighted by molar-refractivity contribution is -0.131. The van der Waals surface area contributed by atoms with Crippen LogP contribution in [-0.4, -0.2) is 54.1 Å². The number of ketones is 1. The second kappa shape index (κ2) is 10.3. The molecule has 7 nitrogen and oxygen atoms in total. The molecule has 1 aromatic carbocycles. The van der Waals surface area contributed by atoms with E-state index in [0.717, 1.165) is 24.2 Å². The molecule has 1 unspecified atom stereocenters. The van der Waals surface area contributed by atoms with Gasteiger partial charge in [0.2, 0.25) is 5.91 Å². The quantitative estimate of drug-likeness (QED) is 0.317. The molecule has 0 radical (unpaired) electrons. The Kier molecular flexibility index (Phi) is 7.62. The lowest BCUT2D eigenvalue weighted by Gasteiger charge is -2.42. The first kappa shape index (κ1) is 25.8. The van der Waals surface area contributed by atoms with Crippen LogP contribution in [0.5, 0.6) is 5.75 Å². The van der Waals surface area contributed by atoms with Gasteiger partial charge in [-0.2, -0.15) is 11.8 Å². The van der Waals surface area contributed by atoms with Gasteiger partial charge in [0.25, 0.3) is 0 Å². The average Bonchev–Trinajstić information content (AvgIpc) is 3.14. The Bertz CT molecular complexity index is 1030. The lowest BCUT2D eigenvalue weighted by Crippen LogP contribution is -2.59. The number of hydrogen-bond donors (Lipinski definition) is 2. The number of allylic oxidation sites excluding steroid dienone is 1. The van der Waals surface area contributed by atoms with Crippen molar-refractivity contribution in [1.82, 2.24) is 10.6 Å². The minimum Gasteiger partial charge on any atom is -0.434 e. The molecule has 4 rings (SSSR count). The van der Waals surface area contributed by atoms with Gasteiger partial charge in [-0.1, -0.05) is 25.1 Å². The summed E-state index contributed by atoms with van der Waals surface area (Å²) in [7, 11) is 0. The highest BCUT2D eigenvalue weighted by atomic mass is 32.2. The molecular weight excluding hydrogens is 464 g/mol. The number of carbonyl (C=O) groups excluding carboxylic acids is 3. The number of fused-ring (bicyclic) bond motifs is 3. The maximum absolute atomic E-state index is 14.1. The van der Waals surface area contributed by atoms with E-state index in [9.17, 15) is 14.4 Å². The largest absolute Gasteiger partial charge is 0.513 e. The SMILES string of the molecule is CCOC(=O)Oc1ccc2c(c1)[C@@]1(C)CC3(C(=O)[C@H](CCSC)NC(C)=O)CC/C=C\[C@@H](C2)[C@@H]1N3. The molecule has 2 bridgehead atoms. The average molecular weight is 501 g/mol. The van der Waals surface area contributed by atoms with Crippen LogP contribution < -0.4 is 15.4 Å². The fourth-order valence-corrected chi connectivity index (χ4v) is 6.81. The van der Waals surface area contributed by atoms with Gasteiger partial charge in [0.1, 0.15) is 5.75 Å². The van der Waals surface area contributed by atoms with Crippen LogP contribution in [0.15, 0.2) is 30.4 Å². The van der Waals surface area contributed by atoms with E-state index in [0.29, 0.717) is 25.0 Å². The molecule has 0 saturated carbocycles. The molecular formula is C27H36N2O5S. The standard InChI is InChI=1S/C27H36N2O5S/c1-5-33-25(32)34-20-10-9-18-14-19-8-6-7-12-27(16-26(3,21(18)15-20)23(19)29-27)24(31)22(11-13-35-4)28-17(2)30/h6,8-10,15,19,22-23,29H,5,7,11-14,16H2,1-4H3,(H,28,30)/b8-6-/t19-,22-,23-,26+,27?/m0/s1. The maximum Gasteiger partial charge on any atom is 0.513 e. The molecule has 1 aliphatic carbocycles. The topological polar surface area (TPSA) is 93.7 Å². The molecule has 2 N–H and O–H groups in total. The third-order valence-electron chi connectivity index (χ3n) is 7.73. The van der Waals surface area contributed by atoms with Gasteiger partial charge < -0.3 is 20.1 Å². The van der Waals surface area contributed by atoms with Crippen LogP contribution in [0, 0.1) is 5.92 Å². The summed E-state index contributed by atoms with van der Waals surface area (Å²) in [5, 5.41) is 6.74. The second-order valence-corrected chi connectivity index (χ2v) is 11.1. The zero-order valence-corrected chi connectivity index (χ0v) is 21.8. The Balaban J connectivity index is 1.72. The van der Waals surface area contributed by atoms with Gasteiger partial charge in [0.15, 0.2) is 5.78 Å². The molecule has 0 aromatic heterocycles. The molecule has 1 amide bonds. The van der Waals surface area contributed by atoms with Gasteiger partial charge in [-0.3, -0.25) is 9.59 Å². The molecule has 8 heteroatoms. The highest BCUT2D eigenvalue weighted by Gasteiger charge is 2.60. The predicted octanol–water partition coefficient (Wildman–Crippen LogP) is 3.93. The minimum absolute atomic E-state index is 0.0619. The van der Waals surface area contributed by atoms with Gasteiger partial charge in [-0.15, -0.1) is 0 Å². The van der Waals surface area contributed by atoms with Crippen LogP contribution in [0.4, 0.5) is 4.79 Å². The second-order valence-electron chi connectivity index (χ2n) is 10.1. The highest BCUT2D eigenvalue weighted by molar-refractivity contribution is 7.98. The third-order valence-corrected chi connectivity index (χ3v) is 8.37. The summed E-state index contributed by atoms with van der Waals surface area (Å²) >= 11 is 1.67. The molecule has 2 heterocycles. The number of amides is 1. The van der Waals surface area contributed by atoms with Gasteiger partial charge in [0, 0.05) is 18.4 Å². The Morgan fingerprint density at radius 3 is 2.83 bits per heavy atom. The summed E-state index contributed by atoms with van der Waals surface area (Å²) in [6.07, 6.45) is 9.38. The fourth-order valence-electron chi connectivity index (χ4n) is 6.34. The minimum atomic E-state index is -0.729. The van der Waals surface area contributed by atoms with Crippen molar-refractivity contribution >= 4 is 29.6 Å². The zero-order valence-electron chi connectivity index (χ0n) is 21.0. The molecule has 190 valence electrons. The Morgan fingerprint density at radius 1 is 1.31 bits per heavy atom. The lowest BCUT2D eigenvalue weighted by atomic mass is 9.63. The Labute approximate surface area is 211 Å². The Hall–Kier alpha value is -2.32. The Morgan fingerprint density at radius 2 is 2.11 bits per heavy atom. The summed E-state index contributed by atoms with van der Waals surface area (Å²) < 4.78 is 10.4. The monoisotopic (exact) mass is 500 g/mol.